The maximum Gasteiger partial charge on any atom is 0.0619 e. The molecule has 0 amide bonds. The molecule has 0 spiro atoms. The third-order valence-corrected chi connectivity index (χ3v) is 8.45. The highest BCUT2D eigenvalue weighted by atomic mass is 15.0. The highest BCUT2D eigenvalue weighted by molar-refractivity contribution is 6.23. The Bertz CT molecular complexity index is 2420. The van der Waals surface area contributed by atoms with Crippen molar-refractivity contribution in [3.63, 3.8) is 0 Å². The van der Waals surface area contributed by atoms with E-state index in [1.165, 1.54) is 76.5 Å². The molecular weight excluding hydrogens is 484 g/mol. The van der Waals surface area contributed by atoms with Gasteiger partial charge in [-0.1, -0.05) is 103 Å². The van der Waals surface area contributed by atoms with Crippen molar-refractivity contribution in [1.82, 2.24) is 9.13 Å². The second-order valence-corrected chi connectivity index (χ2v) is 10.6. The van der Waals surface area contributed by atoms with Crippen LogP contribution >= 0.6 is 0 Å². The fourth-order valence-corrected chi connectivity index (χ4v) is 6.68. The molecule has 0 aliphatic carbocycles. The van der Waals surface area contributed by atoms with E-state index < -0.39 is 0 Å². The van der Waals surface area contributed by atoms with Crippen LogP contribution in [0.4, 0.5) is 0 Å². The molecule has 7 aromatic carbocycles. The monoisotopic (exact) mass is 508 g/mol. The number of benzene rings is 7. The van der Waals surface area contributed by atoms with Crippen molar-refractivity contribution in [1.29, 1.82) is 0 Å². The van der Waals surface area contributed by atoms with Gasteiger partial charge in [0.1, 0.15) is 0 Å². The Morgan fingerprint density at radius 2 is 0.950 bits per heavy atom. The van der Waals surface area contributed by atoms with Gasteiger partial charge in [-0.2, -0.15) is 0 Å². The minimum absolute atomic E-state index is 1.17. The van der Waals surface area contributed by atoms with E-state index in [0.717, 1.165) is 0 Å². The van der Waals surface area contributed by atoms with Gasteiger partial charge in [0.2, 0.25) is 0 Å². The summed E-state index contributed by atoms with van der Waals surface area (Å²) in [6.45, 7) is 0. The van der Waals surface area contributed by atoms with E-state index >= 15 is 0 Å². The minimum atomic E-state index is 1.17. The molecule has 0 bridgehead atoms. The smallest absolute Gasteiger partial charge is 0.0619 e. The van der Waals surface area contributed by atoms with Crippen molar-refractivity contribution in [2.45, 2.75) is 0 Å². The molecule has 0 saturated heterocycles. The lowest BCUT2D eigenvalue weighted by atomic mass is 10.0. The predicted octanol–water partition coefficient (Wildman–Crippen LogP) is 10.2. The molecule has 2 aromatic heterocycles. The Kier molecular flexibility index (Phi) is 4.36. The van der Waals surface area contributed by atoms with Crippen LogP contribution in [-0.4, -0.2) is 9.13 Å². The molecule has 9 aromatic rings. The number of para-hydroxylation sites is 2. The Hall–Kier alpha value is -5.34. The summed E-state index contributed by atoms with van der Waals surface area (Å²) < 4.78 is 4.89. The standard InChI is InChI=1S/C38H24N2/c1-2-13-28(14-3-1)40-37-24-36-33(23-34(37)32-21-19-26-11-6-7-15-30(26)38(32)40)31-16-8-9-17-35(31)39(36)29-20-18-25-10-4-5-12-27(25)22-29/h1-24H. The molecule has 0 aliphatic rings. The number of hydrogen-bond donors (Lipinski definition) is 0. The fourth-order valence-electron chi connectivity index (χ4n) is 6.68. The topological polar surface area (TPSA) is 9.86 Å². The van der Waals surface area contributed by atoms with E-state index in [1.807, 2.05) is 0 Å². The zero-order valence-corrected chi connectivity index (χ0v) is 21.8. The van der Waals surface area contributed by atoms with Gasteiger partial charge in [0.15, 0.2) is 0 Å². The molecule has 0 aliphatic heterocycles. The first-order valence-electron chi connectivity index (χ1n) is 13.8. The van der Waals surface area contributed by atoms with Gasteiger partial charge in [0, 0.05) is 38.3 Å². The highest BCUT2D eigenvalue weighted by Crippen LogP contribution is 2.41. The molecule has 0 N–H and O–H groups in total. The van der Waals surface area contributed by atoms with E-state index in [1.54, 1.807) is 0 Å². The third kappa shape index (κ3) is 2.93. The summed E-state index contributed by atoms with van der Waals surface area (Å²) in [7, 11) is 0. The zero-order valence-electron chi connectivity index (χ0n) is 21.8. The van der Waals surface area contributed by atoms with Crippen LogP contribution < -0.4 is 0 Å². The summed E-state index contributed by atoms with van der Waals surface area (Å²) >= 11 is 0. The predicted molar refractivity (Wildman–Crippen MR) is 170 cm³/mol. The van der Waals surface area contributed by atoms with Gasteiger partial charge in [0.05, 0.1) is 22.1 Å². The largest absolute Gasteiger partial charge is 0.309 e. The van der Waals surface area contributed by atoms with Gasteiger partial charge in [-0.3, -0.25) is 0 Å². The molecule has 2 nitrogen and oxygen atoms in total. The molecule has 186 valence electrons. The SMILES string of the molecule is c1ccc(-n2c3cc4c(cc3c3ccc5ccccc5c32)c2ccccc2n4-c2ccc3ccccc3c2)cc1. The van der Waals surface area contributed by atoms with Gasteiger partial charge < -0.3 is 9.13 Å². The number of rotatable bonds is 2. The zero-order chi connectivity index (χ0) is 26.2. The van der Waals surface area contributed by atoms with Crippen molar-refractivity contribution in [2.75, 3.05) is 0 Å². The lowest BCUT2D eigenvalue weighted by molar-refractivity contribution is 1.17. The highest BCUT2D eigenvalue weighted by Gasteiger charge is 2.19. The van der Waals surface area contributed by atoms with E-state index in [0.29, 0.717) is 0 Å². The van der Waals surface area contributed by atoms with Crippen molar-refractivity contribution >= 4 is 65.2 Å². The summed E-state index contributed by atoms with van der Waals surface area (Å²) in [6.07, 6.45) is 0. The molecule has 0 saturated carbocycles. The maximum atomic E-state index is 2.45. The quantitative estimate of drug-likeness (QED) is 0.220. The molecule has 0 atom stereocenters. The second kappa shape index (κ2) is 8.08. The Morgan fingerprint density at radius 1 is 0.300 bits per heavy atom. The number of nitrogens with zero attached hydrogens (tertiary/aromatic N) is 2. The molecule has 0 radical (unpaired) electrons. The Morgan fingerprint density at radius 3 is 1.82 bits per heavy atom. The number of aromatic nitrogens is 2. The first kappa shape index (κ1) is 21.6. The summed E-state index contributed by atoms with van der Waals surface area (Å²) in [4.78, 5) is 0. The Balaban J connectivity index is 1.49. The lowest BCUT2D eigenvalue weighted by Gasteiger charge is -2.11. The Labute approximate surface area is 230 Å². The lowest BCUT2D eigenvalue weighted by Crippen LogP contribution is -1.96. The molecule has 2 heterocycles. The normalized spacial score (nSPS) is 12.0. The minimum Gasteiger partial charge on any atom is -0.309 e. The van der Waals surface area contributed by atoms with Crippen LogP contribution in [0.2, 0.25) is 0 Å². The van der Waals surface area contributed by atoms with Gasteiger partial charge in [-0.15, -0.1) is 0 Å². The first-order chi connectivity index (χ1) is 19.8. The van der Waals surface area contributed by atoms with Crippen LogP contribution in [0, 0.1) is 0 Å². The van der Waals surface area contributed by atoms with Crippen LogP contribution in [0.15, 0.2) is 146 Å². The van der Waals surface area contributed by atoms with Gasteiger partial charge in [0.25, 0.3) is 0 Å². The van der Waals surface area contributed by atoms with E-state index in [2.05, 4.69) is 155 Å². The van der Waals surface area contributed by atoms with Crippen LogP contribution in [-0.2, 0) is 0 Å². The van der Waals surface area contributed by atoms with Crippen LogP contribution in [0.5, 0.6) is 0 Å². The number of fused-ring (bicyclic) bond motifs is 9. The number of hydrogen-bond acceptors (Lipinski definition) is 0. The van der Waals surface area contributed by atoms with Crippen molar-refractivity contribution in [3.05, 3.63) is 146 Å². The average Bonchev–Trinajstić information content (AvgIpc) is 3.52. The molecule has 2 heteroatoms. The van der Waals surface area contributed by atoms with Gasteiger partial charge in [-0.05, 0) is 58.6 Å². The average molecular weight is 509 g/mol. The third-order valence-electron chi connectivity index (χ3n) is 8.45. The summed E-state index contributed by atoms with van der Waals surface area (Å²) in [6, 6.07) is 53.1. The molecular formula is C38H24N2. The van der Waals surface area contributed by atoms with Gasteiger partial charge in [-0.25, -0.2) is 0 Å². The molecule has 0 unspecified atom stereocenters. The molecule has 0 fully saturated rings. The van der Waals surface area contributed by atoms with Crippen molar-refractivity contribution < 1.29 is 0 Å². The van der Waals surface area contributed by atoms with Crippen LogP contribution in [0.3, 0.4) is 0 Å². The first-order valence-corrected chi connectivity index (χ1v) is 13.8. The fraction of sp³-hybridized carbons (Fsp3) is 0. The summed E-state index contributed by atoms with van der Waals surface area (Å²) in [5.74, 6) is 0. The maximum absolute atomic E-state index is 2.45. The van der Waals surface area contributed by atoms with E-state index in [-0.39, 0.29) is 0 Å². The van der Waals surface area contributed by atoms with E-state index in [9.17, 15) is 0 Å². The summed E-state index contributed by atoms with van der Waals surface area (Å²) in [5, 5.41) is 10.1. The van der Waals surface area contributed by atoms with E-state index in [4.69, 9.17) is 0 Å². The molecule has 9 rings (SSSR count). The van der Waals surface area contributed by atoms with Crippen LogP contribution in [0.25, 0.3) is 76.5 Å². The second-order valence-electron chi connectivity index (χ2n) is 10.6. The van der Waals surface area contributed by atoms with Crippen molar-refractivity contribution in [2.24, 2.45) is 0 Å². The van der Waals surface area contributed by atoms with Gasteiger partial charge >= 0.3 is 0 Å². The molecule has 40 heavy (non-hydrogen) atoms. The van der Waals surface area contributed by atoms with Crippen molar-refractivity contribution in [3.8, 4) is 11.4 Å². The summed E-state index contributed by atoms with van der Waals surface area (Å²) in [5.41, 5.74) is 7.27. The van der Waals surface area contributed by atoms with Crippen LogP contribution in [0.1, 0.15) is 0 Å².